The van der Waals surface area contributed by atoms with Crippen molar-refractivity contribution in [3.05, 3.63) is 11.1 Å². The number of hydrogen-bond donors (Lipinski definition) is 1. The molecule has 1 fully saturated rings. The Balaban J connectivity index is 2.08. The minimum atomic E-state index is 0.851. The van der Waals surface area contributed by atoms with E-state index in [9.17, 15) is 0 Å². The molecule has 2 unspecified atom stereocenters. The van der Waals surface area contributed by atoms with E-state index in [-0.39, 0.29) is 0 Å². The van der Waals surface area contributed by atoms with Crippen molar-refractivity contribution in [2.75, 3.05) is 0 Å². The van der Waals surface area contributed by atoms with Crippen molar-refractivity contribution in [1.29, 1.82) is 0 Å². The largest absolute Gasteiger partial charge is 0.307 e. The second-order valence-electron chi connectivity index (χ2n) is 3.16. The van der Waals surface area contributed by atoms with Gasteiger partial charge >= 0.3 is 0 Å². The lowest BCUT2D eigenvalue weighted by molar-refractivity contribution is 0.292. The molecule has 0 aromatic heterocycles. The van der Waals surface area contributed by atoms with Crippen LogP contribution < -0.4 is 5.32 Å². The maximum absolute atomic E-state index is 3.51. The fraction of sp³-hybridized carbons (Fsp3) is 0.714. The lowest BCUT2D eigenvalue weighted by Crippen LogP contribution is -2.53. The van der Waals surface area contributed by atoms with Gasteiger partial charge in [-0.3, -0.25) is 0 Å². The number of nitrogens with one attached hydrogen (secondary N) is 1. The summed E-state index contributed by atoms with van der Waals surface area (Å²) >= 11 is 0. The van der Waals surface area contributed by atoms with Gasteiger partial charge < -0.3 is 5.32 Å². The van der Waals surface area contributed by atoms with Crippen molar-refractivity contribution >= 4 is 0 Å². The minimum Gasteiger partial charge on any atom is -0.307 e. The second-order valence-corrected chi connectivity index (χ2v) is 3.16. The van der Waals surface area contributed by atoms with Gasteiger partial charge in [-0.25, -0.2) is 0 Å². The van der Waals surface area contributed by atoms with Crippen LogP contribution >= 0.6 is 0 Å². The highest BCUT2D eigenvalue weighted by Gasteiger charge is 2.44. The second kappa shape index (κ2) is 0.883. The Labute approximate surface area is 48.8 Å². The smallest absolute Gasteiger partial charge is 0.0302 e. The monoisotopic (exact) mass is 107 g/mol. The van der Waals surface area contributed by atoms with E-state index < -0.39 is 0 Å². The van der Waals surface area contributed by atoms with E-state index in [2.05, 4.69) is 5.32 Å². The van der Waals surface area contributed by atoms with Crippen molar-refractivity contribution in [1.82, 2.24) is 5.32 Å². The first-order chi connectivity index (χ1) is 3.93. The van der Waals surface area contributed by atoms with Gasteiger partial charge in [-0.15, -0.1) is 0 Å². The van der Waals surface area contributed by atoms with Gasteiger partial charge in [0.25, 0.3) is 0 Å². The van der Waals surface area contributed by atoms with Crippen molar-refractivity contribution in [2.24, 2.45) is 0 Å². The molecule has 2 aliphatic carbocycles. The Kier molecular flexibility index (Phi) is 0.406. The zero-order valence-corrected chi connectivity index (χ0v) is 4.78. The highest BCUT2D eigenvalue weighted by Crippen LogP contribution is 2.47. The SMILES string of the molecule is C1C2=C1C1CC(C2)N1. The third-order valence-corrected chi connectivity index (χ3v) is 2.60. The van der Waals surface area contributed by atoms with Crippen LogP contribution in [0.5, 0.6) is 0 Å². The van der Waals surface area contributed by atoms with Gasteiger partial charge in [0.15, 0.2) is 0 Å². The van der Waals surface area contributed by atoms with E-state index in [0.717, 1.165) is 12.1 Å². The quantitative estimate of drug-likeness (QED) is 0.452. The zero-order chi connectivity index (χ0) is 5.14. The first-order valence-corrected chi connectivity index (χ1v) is 3.40. The summed E-state index contributed by atoms with van der Waals surface area (Å²) in [6.07, 6.45) is 4.21. The summed E-state index contributed by atoms with van der Waals surface area (Å²) in [5.74, 6) is 0. The molecule has 0 aromatic rings. The molecule has 2 atom stereocenters. The number of hydrogen-bond acceptors (Lipinski definition) is 1. The van der Waals surface area contributed by atoms with E-state index in [1.54, 1.807) is 11.1 Å². The Bertz CT molecular complexity index is 175. The van der Waals surface area contributed by atoms with Crippen LogP contribution in [0.25, 0.3) is 0 Å². The summed E-state index contributed by atoms with van der Waals surface area (Å²) in [4.78, 5) is 0. The van der Waals surface area contributed by atoms with Crippen LogP contribution in [0.1, 0.15) is 19.3 Å². The molecule has 1 N–H and O–H groups in total. The molecule has 0 aromatic carbocycles. The summed E-state index contributed by atoms with van der Waals surface area (Å²) in [5.41, 5.74) is 3.54. The average Bonchev–Trinajstić information content (AvgIpc) is 2.35. The molecule has 1 heteroatoms. The highest BCUT2D eigenvalue weighted by molar-refractivity contribution is 5.45. The van der Waals surface area contributed by atoms with E-state index >= 15 is 0 Å². The molecule has 42 valence electrons. The first kappa shape index (κ1) is 3.67. The Morgan fingerprint density at radius 3 is 2.88 bits per heavy atom. The van der Waals surface area contributed by atoms with Crippen LogP contribution in [-0.2, 0) is 0 Å². The molecular weight excluding hydrogens is 98.1 g/mol. The normalized spacial score (nSPS) is 48.0. The maximum Gasteiger partial charge on any atom is 0.0302 e. The molecule has 0 spiro atoms. The zero-order valence-electron chi connectivity index (χ0n) is 4.78. The molecule has 2 bridgehead atoms. The molecule has 2 aliphatic heterocycles. The lowest BCUT2D eigenvalue weighted by atomic mass is 9.89. The van der Waals surface area contributed by atoms with Gasteiger partial charge in [0.05, 0.1) is 0 Å². The molecule has 0 saturated carbocycles. The highest BCUT2D eigenvalue weighted by atomic mass is 15.1. The standard InChI is InChI=1S/C7H9N/c1-4-2-6(4)7-3-5(1)8-7/h5,7-8H,1-3H2. The Hall–Kier alpha value is -0.300. The molecule has 2 heterocycles. The molecule has 0 amide bonds. The van der Waals surface area contributed by atoms with Gasteiger partial charge in [-0.1, -0.05) is 5.57 Å². The summed E-state index contributed by atoms with van der Waals surface area (Å²) in [6.45, 7) is 0. The maximum atomic E-state index is 3.51. The molecular formula is C7H9N. The summed E-state index contributed by atoms with van der Waals surface area (Å²) in [6, 6.07) is 1.74. The molecule has 8 heavy (non-hydrogen) atoms. The van der Waals surface area contributed by atoms with Gasteiger partial charge in [0, 0.05) is 12.1 Å². The van der Waals surface area contributed by atoms with Crippen LogP contribution in [0.4, 0.5) is 0 Å². The summed E-state index contributed by atoms with van der Waals surface area (Å²) in [7, 11) is 0. The molecule has 0 radical (unpaired) electrons. The van der Waals surface area contributed by atoms with Gasteiger partial charge in [-0.05, 0) is 24.8 Å². The predicted molar refractivity (Wildman–Crippen MR) is 31.6 cm³/mol. The predicted octanol–water partition coefficient (Wildman–Crippen LogP) is 0.821. The van der Waals surface area contributed by atoms with Crippen molar-refractivity contribution in [2.45, 2.75) is 31.3 Å². The molecule has 1 saturated heterocycles. The van der Waals surface area contributed by atoms with Gasteiger partial charge in [-0.2, -0.15) is 0 Å². The summed E-state index contributed by atoms with van der Waals surface area (Å²) in [5, 5.41) is 3.51. The van der Waals surface area contributed by atoms with E-state index in [1.807, 2.05) is 0 Å². The Morgan fingerprint density at radius 1 is 1.50 bits per heavy atom. The van der Waals surface area contributed by atoms with Gasteiger partial charge in [0.2, 0.25) is 0 Å². The fourth-order valence-electron chi connectivity index (χ4n) is 1.99. The molecule has 4 rings (SSSR count). The number of rotatable bonds is 0. The minimum absolute atomic E-state index is 0.851. The lowest BCUT2D eigenvalue weighted by Gasteiger charge is -2.38. The van der Waals surface area contributed by atoms with Crippen LogP contribution in [0.2, 0.25) is 0 Å². The third kappa shape index (κ3) is 0.267. The molecule has 4 aliphatic rings. The van der Waals surface area contributed by atoms with Crippen molar-refractivity contribution < 1.29 is 0 Å². The van der Waals surface area contributed by atoms with Crippen molar-refractivity contribution in [3.63, 3.8) is 0 Å². The van der Waals surface area contributed by atoms with E-state index in [4.69, 9.17) is 0 Å². The first-order valence-electron chi connectivity index (χ1n) is 3.40. The fourth-order valence-corrected chi connectivity index (χ4v) is 1.99. The van der Waals surface area contributed by atoms with Crippen LogP contribution in [0.15, 0.2) is 11.1 Å². The van der Waals surface area contributed by atoms with Crippen LogP contribution in [0.3, 0.4) is 0 Å². The van der Waals surface area contributed by atoms with E-state index in [0.29, 0.717) is 0 Å². The molecule has 1 nitrogen and oxygen atoms in total. The van der Waals surface area contributed by atoms with Crippen LogP contribution in [0, 0.1) is 0 Å². The Morgan fingerprint density at radius 2 is 2.38 bits per heavy atom. The third-order valence-electron chi connectivity index (χ3n) is 2.60. The average molecular weight is 107 g/mol. The topological polar surface area (TPSA) is 12.0 Å². The van der Waals surface area contributed by atoms with Crippen molar-refractivity contribution in [3.8, 4) is 0 Å². The van der Waals surface area contributed by atoms with E-state index in [1.165, 1.54) is 19.3 Å². The van der Waals surface area contributed by atoms with Gasteiger partial charge in [0.1, 0.15) is 0 Å². The summed E-state index contributed by atoms with van der Waals surface area (Å²) < 4.78 is 0. The van der Waals surface area contributed by atoms with Crippen LogP contribution in [-0.4, -0.2) is 12.1 Å².